The molecule has 0 bridgehead atoms. The van der Waals surface area contributed by atoms with Gasteiger partial charge >= 0.3 is 0 Å². The van der Waals surface area contributed by atoms with Gasteiger partial charge in [0, 0.05) is 19.3 Å². The Kier molecular flexibility index (Phi) is 2.80. The van der Waals surface area contributed by atoms with Crippen LogP contribution in [0.2, 0.25) is 0 Å². The number of anilines is 2. The van der Waals surface area contributed by atoms with E-state index in [4.69, 9.17) is 5.73 Å². The molecule has 0 unspecified atom stereocenters. The summed E-state index contributed by atoms with van der Waals surface area (Å²) in [5.74, 6) is 0.938. The van der Waals surface area contributed by atoms with Crippen LogP contribution in [0, 0.1) is 6.92 Å². The Balaban J connectivity index is 2.20. The van der Waals surface area contributed by atoms with Gasteiger partial charge in [-0.2, -0.15) is 0 Å². The number of nitrogens with two attached hydrogens (primary N) is 1. The van der Waals surface area contributed by atoms with Crippen molar-refractivity contribution in [3.05, 3.63) is 17.8 Å². The molecule has 1 heterocycles. The zero-order valence-corrected chi connectivity index (χ0v) is 9.53. The second-order valence-corrected chi connectivity index (χ2v) is 4.47. The van der Waals surface area contributed by atoms with Crippen LogP contribution in [0.4, 0.5) is 11.5 Å². The molecular weight excluding hydrogens is 186 g/mol. The molecular formula is C12H19N3. The zero-order chi connectivity index (χ0) is 10.8. The van der Waals surface area contributed by atoms with Crippen LogP contribution in [0.5, 0.6) is 0 Å². The van der Waals surface area contributed by atoms with Crippen molar-refractivity contribution in [1.82, 2.24) is 4.98 Å². The molecule has 1 aliphatic carbocycles. The summed E-state index contributed by atoms with van der Waals surface area (Å²) in [5.41, 5.74) is 7.90. The smallest absolute Gasteiger partial charge is 0.151 e. The van der Waals surface area contributed by atoms with Gasteiger partial charge in [-0.25, -0.2) is 4.98 Å². The van der Waals surface area contributed by atoms with E-state index < -0.39 is 0 Å². The van der Waals surface area contributed by atoms with Gasteiger partial charge in [0.1, 0.15) is 0 Å². The molecule has 0 amide bonds. The number of nitrogens with zero attached hydrogens (tertiary/aromatic N) is 2. The molecule has 3 heteroatoms. The highest BCUT2D eigenvalue weighted by atomic mass is 15.2. The van der Waals surface area contributed by atoms with Gasteiger partial charge in [0.05, 0.1) is 5.69 Å². The molecule has 0 aromatic carbocycles. The molecule has 1 aromatic heterocycles. The highest BCUT2D eigenvalue weighted by Gasteiger charge is 2.21. The van der Waals surface area contributed by atoms with E-state index >= 15 is 0 Å². The SMILES string of the molecule is Cc1cnc(N(C)C2CCCC2)c(N)c1. The third-order valence-electron chi connectivity index (χ3n) is 3.24. The molecule has 2 rings (SSSR count). The fourth-order valence-electron chi connectivity index (χ4n) is 2.34. The minimum absolute atomic E-state index is 0.627. The van der Waals surface area contributed by atoms with Gasteiger partial charge in [-0.1, -0.05) is 12.8 Å². The summed E-state index contributed by atoms with van der Waals surface area (Å²) >= 11 is 0. The number of aromatic nitrogens is 1. The lowest BCUT2D eigenvalue weighted by Crippen LogP contribution is -2.30. The first-order valence-electron chi connectivity index (χ1n) is 5.63. The van der Waals surface area contributed by atoms with Crippen molar-refractivity contribution in [2.75, 3.05) is 17.7 Å². The summed E-state index contributed by atoms with van der Waals surface area (Å²) in [4.78, 5) is 6.66. The average Bonchev–Trinajstić information content (AvgIpc) is 2.69. The molecule has 1 saturated carbocycles. The number of pyridine rings is 1. The topological polar surface area (TPSA) is 42.2 Å². The van der Waals surface area contributed by atoms with E-state index in [1.165, 1.54) is 25.7 Å². The van der Waals surface area contributed by atoms with Crippen LogP contribution in [-0.4, -0.2) is 18.1 Å². The first kappa shape index (κ1) is 10.3. The highest BCUT2D eigenvalue weighted by molar-refractivity contribution is 5.63. The van der Waals surface area contributed by atoms with Gasteiger partial charge < -0.3 is 10.6 Å². The van der Waals surface area contributed by atoms with E-state index in [9.17, 15) is 0 Å². The monoisotopic (exact) mass is 205 g/mol. The largest absolute Gasteiger partial charge is 0.396 e. The van der Waals surface area contributed by atoms with E-state index in [-0.39, 0.29) is 0 Å². The van der Waals surface area contributed by atoms with Crippen molar-refractivity contribution in [3.8, 4) is 0 Å². The zero-order valence-electron chi connectivity index (χ0n) is 9.53. The molecule has 2 N–H and O–H groups in total. The fourth-order valence-corrected chi connectivity index (χ4v) is 2.34. The first-order chi connectivity index (χ1) is 7.18. The summed E-state index contributed by atoms with van der Waals surface area (Å²) in [6.07, 6.45) is 7.09. The van der Waals surface area contributed by atoms with Gasteiger partial charge in [0.25, 0.3) is 0 Å². The molecule has 1 fully saturated rings. The van der Waals surface area contributed by atoms with Crippen LogP contribution < -0.4 is 10.6 Å². The van der Waals surface area contributed by atoms with Crippen LogP contribution in [0.1, 0.15) is 31.2 Å². The maximum Gasteiger partial charge on any atom is 0.151 e. The lowest BCUT2D eigenvalue weighted by Gasteiger charge is -2.26. The van der Waals surface area contributed by atoms with Gasteiger partial charge in [0.15, 0.2) is 5.82 Å². The van der Waals surface area contributed by atoms with Gasteiger partial charge in [-0.3, -0.25) is 0 Å². The van der Waals surface area contributed by atoms with Crippen molar-refractivity contribution in [2.24, 2.45) is 0 Å². The average molecular weight is 205 g/mol. The summed E-state index contributed by atoms with van der Waals surface area (Å²) in [6, 6.07) is 2.62. The first-order valence-corrected chi connectivity index (χ1v) is 5.63. The number of rotatable bonds is 2. The lowest BCUT2D eigenvalue weighted by atomic mass is 10.2. The molecule has 0 saturated heterocycles. The molecule has 15 heavy (non-hydrogen) atoms. The van der Waals surface area contributed by atoms with Gasteiger partial charge in [0.2, 0.25) is 0 Å². The van der Waals surface area contributed by atoms with Crippen molar-refractivity contribution in [3.63, 3.8) is 0 Å². The third kappa shape index (κ3) is 2.06. The van der Waals surface area contributed by atoms with E-state index in [1.54, 1.807) is 0 Å². The van der Waals surface area contributed by atoms with Crippen molar-refractivity contribution < 1.29 is 0 Å². The Hall–Kier alpha value is -1.25. The maximum absolute atomic E-state index is 5.99. The Morgan fingerprint density at radius 2 is 2.07 bits per heavy atom. The summed E-state index contributed by atoms with van der Waals surface area (Å²) in [5, 5.41) is 0. The summed E-state index contributed by atoms with van der Waals surface area (Å²) < 4.78 is 0. The predicted molar refractivity (Wildman–Crippen MR) is 64.0 cm³/mol. The minimum Gasteiger partial charge on any atom is -0.396 e. The minimum atomic E-state index is 0.627. The Bertz CT molecular complexity index is 343. The van der Waals surface area contributed by atoms with Crippen LogP contribution >= 0.6 is 0 Å². The number of aryl methyl sites for hydroxylation is 1. The third-order valence-corrected chi connectivity index (χ3v) is 3.24. The molecule has 1 aliphatic rings. The van der Waals surface area contributed by atoms with Crippen molar-refractivity contribution >= 4 is 11.5 Å². The van der Waals surface area contributed by atoms with Gasteiger partial charge in [-0.15, -0.1) is 0 Å². The summed E-state index contributed by atoms with van der Waals surface area (Å²) in [7, 11) is 2.10. The second-order valence-electron chi connectivity index (χ2n) is 4.47. The van der Waals surface area contributed by atoms with Crippen LogP contribution in [0.25, 0.3) is 0 Å². The Labute approximate surface area is 91.3 Å². The molecule has 1 aromatic rings. The Morgan fingerprint density at radius 3 is 2.67 bits per heavy atom. The normalized spacial score (nSPS) is 16.9. The molecule has 3 nitrogen and oxygen atoms in total. The van der Waals surface area contributed by atoms with Crippen LogP contribution in [-0.2, 0) is 0 Å². The maximum atomic E-state index is 5.99. The number of hydrogen-bond donors (Lipinski definition) is 1. The highest BCUT2D eigenvalue weighted by Crippen LogP contribution is 2.28. The second kappa shape index (κ2) is 4.09. The van der Waals surface area contributed by atoms with Crippen LogP contribution in [0.3, 0.4) is 0 Å². The van der Waals surface area contributed by atoms with Gasteiger partial charge in [-0.05, 0) is 31.4 Å². The van der Waals surface area contributed by atoms with E-state index in [1.807, 2.05) is 19.2 Å². The quantitative estimate of drug-likeness (QED) is 0.806. The van der Waals surface area contributed by atoms with E-state index in [0.717, 1.165) is 17.1 Å². The van der Waals surface area contributed by atoms with Crippen molar-refractivity contribution in [1.29, 1.82) is 0 Å². The molecule has 0 radical (unpaired) electrons. The molecule has 82 valence electrons. The molecule has 0 aliphatic heterocycles. The Morgan fingerprint density at radius 1 is 1.40 bits per heavy atom. The lowest BCUT2D eigenvalue weighted by molar-refractivity contribution is 0.647. The predicted octanol–water partition coefficient (Wildman–Crippen LogP) is 2.35. The molecule has 0 spiro atoms. The summed E-state index contributed by atoms with van der Waals surface area (Å²) in [6.45, 7) is 2.02. The number of hydrogen-bond acceptors (Lipinski definition) is 3. The molecule has 0 atom stereocenters. The van der Waals surface area contributed by atoms with Crippen LogP contribution in [0.15, 0.2) is 12.3 Å². The van der Waals surface area contributed by atoms with E-state index in [2.05, 4.69) is 16.9 Å². The fraction of sp³-hybridized carbons (Fsp3) is 0.583. The standard InChI is InChI=1S/C12H19N3/c1-9-7-11(13)12(14-8-9)15(2)10-5-3-4-6-10/h7-8,10H,3-6,13H2,1-2H3. The van der Waals surface area contributed by atoms with Crippen molar-refractivity contribution in [2.45, 2.75) is 38.6 Å². The number of nitrogen functional groups attached to an aromatic ring is 1. The van der Waals surface area contributed by atoms with E-state index in [0.29, 0.717) is 6.04 Å².